The monoisotopic (exact) mass is 429 g/mol. The fourth-order valence-corrected chi connectivity index (χ4v) is 5.38. The van der Waals surface area contributed by atoms with Crippen molar-refractivity contribution in [3.63, 3.8) is 0 Å². The van der Waals surface area contributed by atoms with Gasteiger partial charge in [0.25, 0.3) is 0 Å². The zero-order chi connectivity index (χ0) is 20.6. The summed E-state index contributed by atoms with van der Waals surface area (Å²) >= 11 is 1.26. The van der Waals surface area contributed by atoms with Crippen molar-refractivity contribution in [2.24, 2.45) is 4.99 Å². The van der Waals surface area contributed by atoms with Crippen molar-refractivity contribution in [2.75, 3.05) is 19.9 Å². The normalized spacial score (nSPS) is 22.1. The highest BCUT2D eigenvalue weighted by Crippen LogP contribution is 2.41. The molecule has 1 aromatic heterocycles. The van der Waals surface area contributed by atoms with Crippen molar-refractivity contribution in [1.29, 1.82) is 0 Å². The number of hydrogen-bond acceptors (Lipinski definition) is 6. The molecule has 0 spiro atoms. The van der Waals surface area contributed by atoms with Gasteiger partial charge in [0.1, 0.15) is 34.2 Å². The van der Waals surface area contributed by atoms with Gasteiger partial charge in [0.2, 0.25) is 5.96 Å². The lowest BCUT2D eigenvalue weighted by Crippen LogP contribution is -2.48. The fourth-order valence-electron chi connectivity index (χ4n) is 2.97. The minimum Gasteiger partial charge on any atom is -0.496 e. The molecule has 1 aliphatic heterocycles. The highest BCUT2D eigenvalue weighted by atomic mass is 32.2. The summed E-state index contributed by atoms with van der Waals surface area (Å²) in [7, 11) is 1.66. The molecule has 2 aliphatic rings. The molecule has 7 nitrogen and oxygen atoms in total. The summed E-state index contributed by atoms with van der Waals surface area (Å²) in [4.78, 5) is 17.7. The van der Waals surface area contributed by atoms with E-state index in [1.54, 1.807) is 34.9 Å². The largest absolute Gasteiger partial charge is 0.496 e. The molecular weight excluding hydrogens is 405 g/mol. The number of nitrogens with zero attached hydrogens (tertiary/aromatic N) is 2. The van der Waals surface area contributed by atoms with Crippen molar-refractivity contribution in [3.05, 3.63) is 27.2 Å². The minimum absolute atomic E-state index is 0.0945. The number of amides is 1. The third-order valence-electron chi connectivity index (χ3n) is 4.23. The second kappa shape index (κ2) is 7.82. The van der Waals surface area contributed by atoms with E-state index in [0.29, 0.717) is 29.0 Å². The first-order chi connectivity index (χ1) is 13.1. The van der Waals surface area contributed by atoms with Crippen LogP contribution in [0.5, 0.6) is 0 Å². The number of thiophene rings is 1. The fraction of sp³-hybridized carbons (Fsp3) is 0.556. The lowest BCUT2D eigenvalue weighted by atomic mass is 10.0. The Hall–Kier alpha value is -1.94. The van der Waals surface area contributed by atoms with E-state index in [9.17, 15) is 9.00 Å². The van der Waals surface area contributed by atoms with E-state index in [1.165, 1.54) is 15.6 Å². The van der Waals surface area contributed by atoms with Crippen LogP contribution < -0.4 is 5.32 Å². The number of rotatable bonds is 2. The van der Waals surface area contributed by atoms with Gasteiger partial charge in [-0.1, -0.05) is 0 Å². The Balaban J connectivity index is 1.91. The third kappa shape index (κ3) is 4.22. The van der Waals surface area contributed by atoms with Crippen LogP contribution in [0.4, 0.5) is 9.18 Å². The number of guanidine groups is 1. The van der Waals surface area contributed by atoms with Gasteiger partial charge in [-0.05, 0) is 39.7 Å². The van der Waals surface area contributed by atoms with Gasteiger partial charge in [-0.2, -0.15) is 0 Å². The van der Waals surface area contributed by atoms with Gasteiger partial charge >= 0.3 is 6.09 Å². The summed E-state index contributed by atoms with van der Waals surface area (Å²) in [5.41, 5.74) is -0.0703. The number of alkyl carbamates (subject to hydrolysis) is 1. The van der Waals surface area contributed by atoms with Crippen molar-refractivity contribution in [1.82, 2.24) is 9.62 Å². The van der Waals surface area contributed by atoms with Gasteiger partial charge in [-0.25, -0.2) is 18.4 Å². The average molecular weight is 430 g/mol. The lowest BCUT2D eigenvalue weighted by molar-refractivity contribution is 0.0559. The van der Waals surface area contributed by atoms with Gasteiger partial charge in [0, 0.05) is 12.6 Å². The quantitative estimate of drug-likeness (QED) is 0.782. The molecule has 0 fully saturated rings. The summed E-state index contributed by atoms with van der Waals surface area (Å²) < 4.78 is 39.6. The number of hydrogen-bond donors (Lipinski definition) is 1. The number of halogens is 1. The Morgan fingerprint density at radius 3 is 2.82 bits per heavy atom. The Morgan fingerprint density at radius 1 is 1.46 bits per heavy atom. The van der Waals surface area contributed by atoms with E-state index in [4.69, 9.17) is 9.47 Å². The highest BCUT2D eigenvalue weighted by Gasteiger charge is 2.34. The Morgan fingerprint density at radius 2 is 2.18 bits per heavy atom. The highest BCUT2D eigenvalue weighted by molar-refractivity contribution is 7.83. The summed E-state index contributed by atoms with van der Waals surface area (Å²) in [6.07, 6.45) is 2.53. The van der Waals surface area contributed by atoms with Crippen LogP contribution in [-0.4, -0.2) is 46.1 Å². The number of nitrogens with one attached hydrogen (secondary N) is 1. The van der Waals surface area contributed by atoms with Crippen LogP contribution in [-0.2, 0) is 26.9 Å². The molecule has 2 unspecified atom stereocenters. The first-order valence-corrected chi connectivity index (χ1v) is 11.0. The predicted molar refractivity (Wildman–Crippen MR) is 108 cm³/mol. The molecule has 0 saturated heterocycles. The maximum absolute atomic E-state index is 15.1. The zero-order valence-corrected chi connectivity index (χ0v) is 18.1. The van der Waals surface area contributed by atoms with Crippen LogP contribution in [0, 0.1) is 5.82 Å². The molecule has 154 valence electrons. The molecule has 0 aromatic carbocycles. The van der Waals surface area contributed by atoms with Crippen molar-refractivity contribution < 1.29 is 22.9 Å². The number of fused-ring (bicyclic) bond motifs is 1. The van der Waals surface area contributed by atoms with Crippen LogP contribution in [0.25, 0.3) is 5.76 Å². The minimum atomic E-state index is -1.46. The number of carbonyl (C=O) groups is 1. The summed E-state index contributed by atoms with van der Waals surface area (Å²) in [5, 5.41) is 2.52. The molecule has 1 amide bonds. The van der Waals surface area contributed by atoms with Crippen molar-refractivity contribution in [3.8, 4) is 0 Å². The van der Waals surface area contributed by atoms with E-state index in [-0.39, 0.29) is 17.5 Å². The van der Waals surface area contributed by atoms with Gasteiger partial charge in [0.15, 0.2) is 0 Å². The first kappa shape index (κ1) is 20.8. The van der Waals surface area contributed by atoms with Gasteiger partial charge in [0.05, 0.1) is 22.6 Å². The summed E-state index contributed by atoms with van der Waals surface area (Å²) in [6, 6.07) is -0.657. The van der Waals surface area contributed by atoms with Crippen LogP contribution in [0.3, 0.4) is 0 Å². The number of aliphatic imine (C=N–C) groups is 1. The summed E-state index contributed by atoms with van der Waals surface area (Å²) in [5.74, 6) is 0.562. The Bertz CT molecular complexity index is 873. The average Bonchev–Trinajstić information content (AvgIpc) is 2.94. The Labute approximate surface area is 170 Å². The Kier molecular flexibility index (Phi) is 5.81. The van der Waals surface area contributed by atoms with Crippen LogP contribution >= 0.6 is 11.3 Å². The van der Waals surface area contributed by atoms with Crippen molar-refractivity contribution in [2.45, 2.75) is 45.3 Å². The zero-order valence-electron chi connectivity index (χ0n) is 16.5. The molecule has 28 heavy (non-hydrogen) atoms. The third-order valence-corrected chi connectivity index (χ3v) is 6.94. The van der Waals surface area contributed by atoms with Crippen molar-refractivity contribution >= 4 is 40.1 Å². The molecule has 0 radical (unpaired) electrons. The number of allylic oxidation sites excluding steroid dienone is 1. The van der Waals surface area contributed by atoms with E-state index in [1.807, 2.05) is 6.08 Å². The lowest BCUT2D eigenvalue weighted by Gasteiger charge is -2.28. The van der Waals surface area contributed by atoms with Gasteiger partial charge < -0.3 is 9.47 Å². The van der Waals surface area contributed by atoms with E-state index in [2.05, 4.69) is 10.3 Å². The molecule has 0 bridgehead atoms. The molecule has 1 N–H and O–H groups in total. The maximum atomic E-state index is 15.1. The van der Waals surface area contributed by atoms with Crippen LogP contribution in [0.2, 0.25) is 0 Å². The summed E-state index contributed by atoms with van der Waals surface area (Å²) in [6.45, 7) is 5.23. The number of carbonyl (C=O) groups excluding carboxylic acids is 1. The number of methoxy groups -OCH3 is 1. The number of ether oxygens (including phenoxy) is 2. The predicted octanol–water partition coefficient (Wildman–Crippen LogP) is 3.35. The second-order valence-electron chi connectivity index (χ2n) is 7.48. The van der Waals surface area contributed by atoms with Crippen LogP contribution in [0.15, 0.2) is 11.1 Å². The van der Waals surface area contributed by atoms with E-state index in [0.717, 1.165) is 4.88 Å². The molecule has 2 heterocycles. The first-order valence-electron chi connectivity index (χ1n) is 8.86. The molecule has 1 aromatic rings. The smallest absolute Gasteiger partial charge is 0.414 e. The van der Waals surface area contributed by atoms with E-state index < -0.39 is 28.7 Å². The maximum Gasteiger partial charge on any atom is 0.414 e. The van der Waals surface area contributed by atoms with Gasteiger partial charge in [-0.15, -0.1) is 11.3 Å². The molecule has 2 atom stereocenters. The molecule has 10 heteroatoms. The van der Waals surface area contributed by atoms with Gasteiger partial charge in [-0.3, -0.25) is 9.62 Å². The molecule has 3 rings (SSSR count). The molecule has 1 aliphatic carbocycles. The standard InChI is InChI=1S/C18H24FN3O4S2/c1-18(2,3)26-17(23)21-16-20-11(9-28(24)22(16)4)15-13(19)10-7-6-8-12(25-5)14(10)27-15/h8,11H,6-7,9H2,1-5H3,(H,20,21,23). The van der Waals surface area contributed by atoms with Crippen LogP contribution in [0.1, 0.15) is 48.6 Å². The SMILES string of the molecule is COC1=CCCc2c1sc(C1CS(=O)N(C)C(NC(=O)OC(C)(C)C)=N1)c2F. The van der Waals surface area contributed by atoms with E-state index >= 15 is 4.39 Å². The molecule has 0 saturated carbocycles. The topological polar surface area (TPSA) is 80.2 Å². The molecular formula is C18H24FN3O4S2. The second-order valence-corrected chi connectivity index (χ2v) is 10.1.